The summed E-state index contributed by atoms with van der Waals surface area (Å²) in [5.74, 6) is -0.154. The molecule has 0 heterocycles. The summed E-state index contributed by atoms with van der Waals surface area (Å²) in [6.45, 7) is 5.69. The molecule has 0 spiro atoms. The highest BCUT2D eigenvalue weighted by molar-refractivity contribution is 9.10. The summed E-state index contributed by atoms with van der Waals surface area (Å²) in [5.41, 5.74) is 1.07. The first-order valence-electron chi connectivity index (χ1n) is 12.6. The standard InChI is InChI=1S/C29H34BrN3O5S/c1-21(2)18-31-29(35)22(3)32(19-23-13-15-24(30)16-14-23)28(34)20-33(25-9-8-10-26(17-25)38-4)39(36,37)27-11-6-5-7-12-27/h5-17,21-22H,18-20H2,1-4H3,(H,31,35)/t22-/m1/s1. The largest absolute Gasteiger partial charge is 0.497 e. The summed E-state index contributed by atoms with van der Waals surface area (Å²) < 4.78 is 34.8. The Labute approximate surface area is 239 Å². The third-order valence-corrected chi connectivity index (χ3v) is 8.39. The average molecular weight is 617 g/mol. The van der Waals surface area contributed by atoms with Gasteiger partial charge in [0.05, 0.1) is 17.7 Å². The van der Waals surface area contributed by atoms with Crippen molar-refractivity contribution in [1.82, 2.24) is 10.2 Å². The SMILES string of the molecule is COc1cccc(N(CC(=O)N(Cc2ccc(Br)cc2)[C@H](C)C(=O)NCC(C)C)S(=O)(=O)c2ccccc2)c1. The van der Waals surface area contributed by atoms with Crippen LogP contribution in [0.3, 0.4) is 0 Å². The van der Waals surface area contributed by atoms with E-state index in [1.54, 1.807) is 49.4 Å². The molecule has 0 saturated carbocycles. The van der Waals surface area contributed by atoms with Gasteiger partial charge in [0.1, 0.15) is 18.3 Å². The number of benzene rings is 3. The van der Waals surface area contributed by atoms with Gasteiger partial charge in [0.25, 0.3) is 10.0 Å². The van der Waals surface area contributed by atoms with Crippen LogP contribution in [-0.2, 0) is 26.2 Å². The zero-order valence-electron chi connectivity index (χ0n) is 22.5. The summed E-state index contributed by atoms with van der Waals surface area (Å²) in [6, 6.07) is 21.0. The van der Waals surface area contributed by atoms with Crippen LogP contribution in [0.25, 0.3) is 0 Å². The minimum atomic E-state index is -4.13. The molecule has 0 fully saturated rings. The van der Waals surface area contributed by atoms with Gasteiger partial charge in [0.2, 0.25) is 11.8 Å². The van der Waals surface area contributed by atoms with E-state index in [2.05, 4.69) is 21.2 Å². The monoisotopic (exact) mass is 615 g/mol. The van der Waals surface area contributed by atoms with Gasteiger partial charge < -0.3 is 15.0 Å². The second-order valence-corrected chi connectivity index (χ2v) is 12.3. The Hall–Kier alpha value is -3.37. The highest BCUT2D eigenvalue weighted by Gasteiger charge is 2.32. The molecule has 39 heavy (non-hydrogen) atoms. The first-order valence-corrected chi connectivity index (χ1v) is 14.8. The minimum absolute atomic E-state index is 0.0443. The summed E-state index contributed by atoms with van der Waals surface area (Å²) in [6.07, 6.45) is 0. The number of amides is 2. The number of hydrogen-bond donors (Lipinski definition) is 1. The number of nitrogens with one attached hydrogen (secondary N) is 1. The lowest BCUT2D eigenvalue weighted by atomic mass is 10.1. The normalized spacial score (nSPS) is 12.1. The molecule has 0 aliphatic rings. The molecule has 0 aliphatic heterocycles. The number of anilines is 1. The molecule has 2 amide bonds. The number of halogens is 1. The maximum Gasteiger partial charge on any atom is 0.264 e. The number of carbonyl (C=O) groups excluding carboxylic acids is 2. The maximum absolute atomic E-state index is 13.9. The quantitative estimate of drug-likeness (QED) is 0.314. The van der Waals surface area contributed by atoms with Gasteiger partial charge in [-0.2, -0.15) is 0 Å². The molecular weight excluding hydrogens is 582 g/mol. The fourth-order valence-electron chi connectivity index (χ4n) is 3.84. The molecule has 0 unspecified atom stereocenters. The van der Waals surface area contributed by atoms with E-state index in [-0.39, 0.29) is 29.0 Å². The lowest BCUT2D eigenvalue weighted by Crippen LogP contribution is -2.51. The predicted molar refractivity (Wildman–Crippen MR) is 156 cm³/mol. The first-order chi connectivity index (χ1) is 18.5. The molecule has 3 rings (SSSR count). The summed E-state index contributed by atoms with van der Waals surface area (Å²) in [4.78, 5) is 28.4. The van der Waals surface area contributed by atoms with Crippen molar-refractivity contribution in [3.8, 4) is 5.75 Å². The molecule has 1 N–H and O–H groups in total. The van der Waals surface area contributed by atoms with Gasteiger partial charge in [-0.15, -0.1) is 0 Å². The zero-order valence-corrected chi connectivity index (χ0v) is 24.9. The Balaban J connectivity index is 2.01. The Bertz CT molecular complexity index is 1370. The summed E-state index contributed by atoms with van der Waals surface area (Å²) in [5, 5.41) is 2.88. The average Bonchev–Trinajstić information content (AvgIpc) is 2.94. The van der Waals surface area contributed by atoms with E-state index >= 15 is 0 Å². The highest BCUT2D eigenvalue weighted by Crippen LogP contribution is 2.27. The molecule has 0 aromatic heterocycles. The topological polar surface area (TPSA) is 96.0 Å². The van der Waals surface area contributed by atoms with E-state index in [1.807, 2.05) is 38.1 Å². The second kappa shape index (κ2) is 13.6. The van der Waals surface area contributed by atoms with E-state index < -0.39 is 28.5 Å². The van der Waals surface area contributed by atoms with E-state index in [9.17, 15) is 18.0 Å². The minimum Gasteiger partial charge on any atom is -0.497 e. The molecule has 0 saturated heterocycles. The number of sulfonamides is 1. The molecule has 0 bridgehead atoms. The number of rotatable bonds is 12. The molecule has 8 nitrogen and oxygen atoms in total. The van der Waals surface area contributed by atoms with Crippen LogP contribution in [0.2, 0.25) is 0 Å². The maximum atomic E-state index is 13.9. The Morgan fingerprint density at radius 2 is 1.62 bits per heavy atom. The van der Waals surface area contributed by atoms with Gasteiger partial charge in [-0.1, -0.05) is 66.2 Å². The number of methoxy groups -OCH3 is 1. The van der Waals surface area contributed by atoms with Gasteiger partial charge in [-0.25, -0.2) is 8.42 Å². The van der Waals surface area contributed by atoms with Crippen LogP contribution < -0.4 is 14.4 Å². The van der Waals surface area contributed by atoms with Crippen LogP contribution in [-0.4, -0.2) is 51.4 Å². The first kappa shape index (κ1) is 30.2. The van der Waals surface area contributed by atoms with Gasteiger partial charge in [0, 0.05) is 23.6 Å². The van der Waals surface area contributed by atoms with Crippen molar-refractivity contribution in [2.45, 2.75) is 38.3 Å². The molecule has 208 valence electrons. The summed E-state index contributed by atoms with van der Waals surface area (Å²) >= 11 is 3.41. The Morgan fingerprint density at radius 3 is 2.23 bits per heavy atom. The smallest absolute Gasteiger partial charge is 0.264 e. The Kier molecular flexibility index (Phi) is 10.5. The number of hydrogen-bond acceptors (Lipinski definition) is 5. The van der Waals surface area contributed by atoms with Gasteiger partial charge in [-0.05, 0) is 54.8 Å². The van der Waals surface area contributed by atoms with Gasteiger partial charge >= 0.3 is 0 Å². The Morgan fingerprint density at radius 1 is 0.949 bits per heavy atom. The predicted octanol–water partition coefficient (Wildman–Crippen LogP) is 4.84. The zero-order chi connectivity index (χ0) is 28.6. The van der Waals surface area contributed by atoms with Crippen molar-refractivity contribution in [2.24, 2.45) is 5.92 Å². The van der Waals surface area contributed by atoms with E-state index in [4.69, 9.17) is 4.74 Å². The molecule has 0 radical (unpaired) electrons. The lowest BCUT2D eigenvalue weighted by Gasteiger charge is -2.32. The van der Waals surface area contributed by atoms with Gasteiger partial charge in [-0.3, -0.25) is 13.9 Å². The van der Waals surface area contributed by atoms with Crippen molar-refractivity contribution < 1.29 is 22.7 Å². The molecule has 10 heteroatoms. The highest BCUT2D eigenvalue weighted by atomic mass is 79.9. The van der Waals surface area contributed by atoms with Crippen LogP contribution in [0.5, 0.6) is 5.75 Å². The van der Waals surface area contributed by atoms with Crippen LogP contribution in [0.15, 0.2) is 88.2 Å². The van der Waals surface area contributed by atoms with Crippen LogP contribution in [0, 0.1) is 5.92 Å². The molecule has 0 aliphatic carbocycles. The third kappa shape index (κ3) is 8.06. The van der Waals surface area contributed by atoms with Gasteiger partial charge in [0.15, 0.2) is 0 Å². The van der Waals surface area contributed by atoms with Crippen molar-refractivity contribution in [3.63, 3.8) is 0 Å². The van der Waals surface area contributed by atoms with Crippen LogP contribution in [0.1, 0.15) is 26.3 Å². The third-order valence-electron chi connectivity index (χ3n) is 6.07. The number of ether oxygens (including phenoxy) is 1. The molecule has 3 aromatic rings. The van der Waals surface area contributed by atoms with Crippen LogP contribution in [0.4, 0.5) is 5.69 Å². The van der Waals surface area contributed by atoms with E-state index in [1.165, 1.54) is 24.1 Å². The lowest BCUT2D eigenvalue weighted by molar-refractivity contribution is -0.139. The summed E-state index contributed by atoms with van der Waals surface area (Å²) in [7, 11) is -2.65. The molecule has 1 atom stereocenters. The number of carbonyl (C=O) groups is 2. The van der Waals surface area contributed by atoms with Crippen LogP contribution >= 0.6 is 15.9 Å². The van der Waals surface area contributed by atoms with E-state index in [0.29, 0.717) is 12.3 Å². The van der Waals surface area contributed by atoms with Crippen molar-refractivity contribution in [1.29, 1.82) is 0 Å². The van der Waals surface area contributed by atoms with Crippen molar-refractivity contribution in [2.75, 3.05) is 24.5 Å². The molecule has 3 aromatic carbocycles. The van der Waals surface area contributed by atoms with Crippen molar-refractivity contribution in [3.05, 3.63) is 88.9 Å². The van der Waals surface area contributed by atoms with Crippen molar-refractivity contribution >= 4 is 43.5 Å². The fraction of sp³-hybridized carbons (Fsp3) is 0.310. The molecular formula is C29H34BrN3O5S. The fourth-order valence-corrected chi connectivity index (χ4v) is 5.53. The van der Waals surface area contributed by atoms with E-state index in [0.717, 1.165) is 14.3 Å². The number of nitrogens with zero attached hydrogens (tertiary/aromatic N) is 2. The second-order valence-electron chi connectivity index (χ2n) is 9.49.